The van der Waals surface area contributed by atoms with Crippen LogP contribution in [0.3, 0.4) is 0 Å². The number of rotatable bonds is 1. The molecule has 5 nitrogen and oxygen atoms in total. The van der Waals surface area contributed by atoms with Crippen molar-refractivity contribution in [2.24, 2.45) is 5.16 Å². The van der Waals surface area contributed by atoms with Gasteiger partial charge in [0.25, 0.3) is 0 Å². The van der Waals surface area contributed by atoms with Crippen LogP contribution in [0, 0.1) is 5.21 Å². The Morgan fingerprint density at radius 1 is 1.46 bits per heavy atom. The highest BCUT2D eigenvalue weighted by Gasteiger charge is 2.49. The first-order valence-electron chi connectivity index (χ1n) is 4.12. The third-order valence-electron chi connectivity index (χ3n) is 2.35. The molecule has 0 saturated carbocycles. The highest BCUT2D eigenvalue weighted by molar-refractivity contribution is 5.73. The SMILES string of the molecule is CC1(C)C=[N+]([O-])C(C)(C)N1C=NO. The quantitative estimate of drug-likeness (QED) is 0.164. The summed E-state index contributed by atoms with van der Waals surface area (Å²) in [5, 5.41) is 22.9. The molecule has 0 unspecified atom stereocenters. The maximum Gasteiger partial charge on any atom is 0.244 e. The van der Waals surface area contributed by atoms with E-state index in [1.165, 1.54) is 6.34 Å². The predicted molar refractivity (Wildman–Crippen MR) is 50.0 cm³/mol. The van der Waals surface area contributed by atoms with Crippen LogP contribution in [0.2, 0.25) is 0 Å². The third-order valence-corrected chi connectivity index (χ3v) is 2.35. The molecule has 1 heterocycles. The van der Waals surface area contributed by atoms with E-state index in [2.05, 4.69) is 5.16 Å². The predicted octanol–water partition coefficient (Wildman–Crippen LogP) is 0.815. The van der Waals surface area contributed by atoms with Gasteiger partial charge in [0, 0.05) is 13.8 Å². The Bertz CT molecular complexity index is 269. The summed E-state index contributed by atoms with van der Waals surface area (Å²) < 4.78 is 0.870. The highest BCUT2D eigenvalue weighted by Crippen LogP contribution is 2.28. The van der Waals surface area contributed by atoms with Gasteiger partial charge in [-0.3, -0.25) is 4.90 Å². The topological polar surface area (TPSA) is 61.9 Å². The minimum absolute atomic E-state index is 0.419. The van der Waals surface area contributed by atoms with Crippen LogP contribution >= 0.6 is 0 Å². The van der Waals surface area contributed by atoms with Crippen LogP contribution in [0.15, 0.2) is 5.16 Å². The number of nitrogens with zero attached hydrogens (tertiary/aromatic N) is 3. The Morgan fingerprint density at radius 3 is 2.31 bits per heavy atom. The van der Waals surface area contributed by atoms with Crippen molar-refractivity contribution in [1.29, 1.82) is 0 Å². The van der Waals surface area contributed by atoms with E-state index in [0.29, 0.717) is 0 Å². The summed E-state index contributed by atoms with van der Waals surface area (Å²) in [5.74, 6) is 0. The van der Waals surface area contributed by atoms with Gasteiger partial charge in [-0.05, 0) is 13.8 Å². The zero-order valence-corrected chi connectivity index (χ0v) is 8.35. The lowest BCUT2D eigenvalue weighted by molar-refractivity contribution is -0.548. The zero-order valence-electron chi connectivity index (χ0n) is 8.35. The molecule has 1 aliphatic rings. The van der Waals surface area contributed by atoms with Crippen molar-refractivity contribution < 1.29 is 9.95 Å². The van der Waals surface area contributed by atoms with Crippen LogP contribution in [0.25, 0.3) is 0 Å². The average Bonchev–Trinajstić information content (AvgIpc) is 2.10. The van der Waals surface area contributed by atoms with Gasteiger partial charge in [0.05, 0.1) is 0 Å². The monoisotopic (exact) mass is 185 g/mol. The molecule has 0 aliphatic carbocycles. The molecule has 0 aromatic rings. The molecule has 0 fully saturated rings. The minimum atomic E-state index is -0.699. The second-order valence-corrected chi connectivity index (χ2v) is 4.20. The average molecular weight is 185 g/mol. The Labute approximate surface area is 77.5 Å². The van der Waals surface area contributed by atoms with Crippen LogP contribution < -0.4 is 0 Å². The third kappa shape index (κ3) is 1.34. The Kier molecular flexibility index (Phi) is 1.98. The van der Waals surface area contributed by atoms with Crippen molar-refractivity contribution in [3.05, 3.63) is 5.21 Å². The second kappa shape index (κ2) is 2.61. The van der Waals surface area contributed by atoms with Crippen molar-refractivity contribution in [2.45, 2.75) is 38.9 Å². The van der Waals surface area contributed by atoms with Gasteiger partial charge in [-0.2, -0.15) is 4.74 Å². The van der Waals surface area contributed by atoms with E-state index in [9.17, 15) is 5.21 Å². The van der Waals surface area contributed by atoms with Crippen LogP contribution in [0.5, 0.6) is 0 Å². The maximum absolute atomic E-state index is 11.5. The number of hydroxylamine groups is 1. The van der Waals surface area contributed by atoms with Crippen LogP contribution in [0.1, 0.15) is 27.7 Å². The first-order chi connectivity index (χ1) is 5.82. The first kappa shape index (κ1) is 9.83. The van der Waals surface area contributed by atoms with Crippen molar-refractivity contribution in [3.63, 3.8) is 0 Å². The fraction of sp³-hybridized carbons (Fsp3) is 0.750. The largest absolute Gasteiger partial charge is 0.622 e. The van der Waals surface area contributed by atoms with Gasteiger partial charge in [-0.25, -0.2) is 0 Å². The van der Waals surface area contributed by atoms with Gasteiger partial charge in [0.15, 0.2) is 6.21 Å². The fourth-order valence-electron chi connectivity index (χ4n) is 1.66. The van der Waals surface area contributed by atoms with E-state index in [-0.39, 0.29) is 0 Å². The molecule has 74 valence electrons. The summed E-state index contributed by atoms with van der Waals surface area (Å²) in [4.78, 5) is 1.70. The van der Waals surface area contributed by atoms with Crippen molar-refractivity contribution in [2.75, 3.05) is 0 Å². The molecule has 13 heavy (non-hydrogen) atoms. The lowest BCUT2D eigenvalue weighted by Crippen LogP contribution is -2.51. The van der Waals surface area contributed by atoms with Crippen molar-refractivity contribution >= 4 is 12.6 Å². The number of hydrogen-bond donors (Lipinski definition) is 1. The maximum atomic E-state index is 11.5. The summed E-state index contributed by atoms with van der Waals surface area (Å²) in [5.41, 5.74) is -1.12. The van der Waals surface area contributed by atoms with E-state index in [1.807, 2.05) is 13.8 Å². The number of oxime groups is 1. The summed E-state index contributed by atoms with van der Waals surface area (Å²) in [6, 6.07) is 0. The molecule has 0 saturated heterocycles. The van der Waals surface area contributed by atoms with Crippen molar-refractivity contribution in [3.8, 4) is 0 Å². The molecular formula is C8H15N3O2. The smallest absolute Gasteiger partial charge is 0.244 e. The molecule has 1 N–H and O–H groups in total. The Balaban J connectivity index is 3.09. The van der Waals surface area contributed by atoms with E-state index >= 15 is 0 Å². The van der Waals surface area contributed by atoms with E-state index in [4.69, 9.17) is 5.21 Å². The second-order valence-electron chi connectivity index (χ2n) is 4.20. The minimum Gasteiger partial charge on any atom is -0.622 e. The molecule has 0 bridgehead atoms. The van der Waals surface area contributed by atoms with E-state index in [1.54, 1.807) is 25.0 Å². The molecule has 0 aromatic heterocycles. The molecule has 0 aromatic carbocycles. The summed E-state index contributed by atoms with van der Waals surface area (Å²) >= 11 is 0. The van der Waals surface area contributed by atoms with Crippen molar-refractivity contribution in [1.82, 2.24) is 4.90 Å². The fourth-order valence-corrected chi connectivity index (χ4v) is 1.66. The Morgan fingerprint density at radius 2 is 2.00 bits per heavy atom. The van der Waals surface area contributed by atoms with Crippen LogP contribution in [-0.4, -0.2) is 38.6 Å². The van der Waals surface area contributed by atoms with Crippen LogP contribution in [-0.2, 0) is 0 Å². The standard InChI is InChI=1S/C8H15N3O2/c1-7(2)5-11(13)8(3,4)10(7)6-9-12/h5-6,12H,1-4H3. The lowest BCUT2D eigenvalue weighted by atomic mass is 10.1. The first-order valence-corrected chi connectivity index (χ1v) is 4.12. The molecule has 0 amide bonds. The zero-order chi connectivity index (χ0) is 10.3. The molecule has 0 atom stereocenters. The summed E-state index contributed by atoms with van der Waals surface area (Å²) in [7, 11) is 0. The van der Waals surface area contributed by atoms with Gasteiger partial charge in [-0.1, -0.05) is 5.16 Å². The summed E-state index contributed by atoms with van der Waals surface area (Å²) in [6.45, 7) is 7.31. The Hall–Kier alpha value is -1.26. The molecule has 0 radical (unpaired) electrons. The van der Waals surface area contributed by atoms with E-state index < -0.39 is 11.2 Å². The number of hydrogen-bond acceptors (Lipinski definition) is 3. The normalized spacial score (nSPS) is 25.2. The van der Waals surface area contributed by atoms with Gasteiger partial charge in [0.1, 0.15) is 11.9 Å². The van der Waals surface area contributed by atoms with Gasteiger partial charge in [0.2, 0.25) is 5.66 Å². The van der Waals surface area contributed by atoms with Gasteiger partial charge < -0.3 is 10.4 Å². The molecule has 1 aliphatic heterocycles. The summed E-state index contributed by atoms with van der Waals surface area (Å²) in [6.07, 6.45) is 2.84. The van der Waals surface area contributed by atoms with Gasteiger partial charge >= 0.3 is 0 Å². The molecular weight excluding hydrogens is 170 g/mol. The van der Waals surface area contributed by atoms with Crippen LogP contribution in [0.4, 0.5) is 0 Å². The highest BCUT2D eigenvalue weighted by atomic mass is 16.5. The molecule has 0 spiro atoms. The van der Waals surface area contributed by atoms with E-state index in [0.717, 1.165) is 4.74 Å². The molecule has 1 rings (SSSR count). The lowest BCUT2D eigenvalue weighted by Gasteiger charge is -2.33. The van der Waals surface area contributed by atoms with Gasteiger partial charge in [-0.15, -0.1) is 0 Å². The molecule has 5 heteroatoms.